The van der Waals surface area contributed by atoms with Gasteiger partial charge in [-0.15, -0.1) is 0 Å². The summed E-state index contributed by atoms with van der Waals surface area (Å²) in [5.41, 5.74) is 11.3. The monoisotopic (exact) mass is 565 g/mol. The van der Waals surface area contributed by atoms with Crippen molar-refractivity contribution in [2.45, 2.75) is 38.6 Å². The van der Waals surface area contributed by atoms with Crippen LogP contribution in [0.2, 0.25) is 0 Å². The van der Waals surface area contributed by atoms with Crippen molar-refractivity contribution in [3.63, 3.8) is 0 Å². The van der Waals surface area contributed by atoms with Gasteiger partial charge in [0.1, 0.15) is 29.6 Å². The Morgan fingerprint density at radius 3 is 2.63 bits per heavy atom. The number of aliphatic carboxylic acids is 1. The van der Waals surface area contributed by atoms with Gasteiger partial charge in [0, 0.05) is 44.3 Å². The van der Waals surface area contributed by atoms with Gasteiger partial charge >= 0.3 is 5.97 Å². The van der Waals surface area contributed by atoms with Crippen LogP contribution in [-0.2, 0) is 22.5 Å². The number of nitrogens with one attached hydrogen (secondary N) is 1. The van der Waals surface area contributed by atoms with Gasteiger partial charge in [0.25, 0.3) is 5.91 Å². The number of nitrogens with zero attached hydrogens (tertiary/aromatic N) is 1. The molecule has 8 nitrogen and oxygen atoms in total. The second-order valence-electron chi connectivity index (χ2n) is 10.4. The fourth-order valence-corrected chi connectivity index (χ4v) is 5.54. The van der Waals surface area contributed by atoms with Gasteiger partial charge in [-0.3, -0.25) is 9.59 Å². The minimum absolute atomic E-state index is 0.0209. The minimum atomic E-state index is -0.993. The predicted molar refractivity (Wildman–Crippen MR) is 150 cm³/mol. The first-order chi connectivity index (χ1) is 19.7. The Morgan fingerprint density at radius 1 is 1.10 bits per heavy atom. The van der Waals surface area contributed by atoms with E-state index in [0.717, 1.165) is 45.6 Å². The third-order valence-electron chi connectivity index (χ3n) is 7.75. The zero-order valence-corrected chi connectivity index (χ0v) is 22.8. The van der Waals surface area contributed by atoms with Gasteiger partial charge in [0.15, 0.2) is 0 Å². The number of hydrogen-bond acceptors (Lipinski definition) is 6. The highest BCUT2D eigenvalue weighted by Crippen LogP contribution is 2.37. The summed E-state index contributed by atoms with van der Waals surface area (Å²) >= 11 is 0. The molecule has 0 radical (unpaired) electrons. The van der Waals surface area contributed by atoms with Crippen molar-refractivity contribution < 1.29 is 33.0 Å². The molecule has 41 heavy (non-hydrogen) atoms. The number of hydrogen-bond donors (Lipinski definition) is 3. The molecule has 4 N–H and O–H groups in total. The van der Waals surface area contributed by atoms with Gasteiger partial charge in [-0.05, 0) is 53.6 Å². The summed E-state index contributed by atoms with van der Waals surface area (Å²) in [6, 6.07) is 11.5. The standard InChI is InChI=1S/C31H33F2N3O5/c1-18-23-5-6-27(30(18)34)35-8-2-10-40-11-12-41-22-14-25(32)29(26(33)15-22)31(39)36-9-7-19-3-4-20(13-21(19)17-36)24(23)16-28(37)38/h3-6,13-15,24,35H,2,7-12,16-17,34H2,1H3,(H,37,38). The van der Waals surface area contributed by atoms with Crippen molar-refractivity contribution in [2.75, 3.05) is 44.0 Å². The molecule has 3 aromatic rings. The highest BCUT2D eigenvalue weighted by Gasteiger charge is 2.29. The number of nitrogens with two attached hydrogens (primary N) is 1. The van der Waals surface area contributed by atoms with Crippen LogP contribution in [0.3, 0.4) is 0 Å². The summed E-state index contributed by atoms with van der Waals surface area (Å²) in [6.07, 6.45) is 1.02. The van der Waals surface area contributed by atoms with E-state index >= 15 is 0 Å². The smallest absolute Gasteiger partial charge is 0.304 e. The molecule has 0 spiro atoms. The van der Waals surface area contributed by atoms with E-state index in [4.69, 9.17) is 15.2 Å². The van der Waals surface area contributed by atoms with Crippen LogP contribution in [-0.4, -0.2) is 54.8 Å². The Balaban J connectivity index is 1.53. The van der Waals surface area contributed by atoms with Crippen LogP contribution in [0.15, 0.2) is 42.5 Å². The summed E-state index contributed by atoms with van der Waals surface area (Å²) < 4.78 is 41.0. The first-order valence-corrected chi connectivity index (χ1v) is 13.7. The molecule has 0 fully saturated rings. The Bertz CT molecular complexity index is 1460. The molecule has 0 aliphatic carbocycles. The molecule has 3 aromatic carbocycles. The SMILES string of the molecule is Cc1c2ccc(c1N)NCCCOCCOc1cc(F)c(c(F)c1)C(=O)N1CCc3ccc(cc3C1)C2CC(=O)O. The molecular weight excluding hydrogens is 532 g/mol. The van der Waals surface area contributed by atoms with Crippen molar-refractivity contribution in [1.82, 2.24) is 4.90 Å². The van der Waals surface area contributed by atoms with Crippen LogP contribution in [0.4, 0.5) is 20.2 Å². The molecule has 0 saturated heterocycles. The molecule has 5 aliphatic rings. The second-order valence-corrected chi connectivity index (χ2v) is 10.4. The molecule has 10 heteroatoms. The van der Waals surface area contributed by atoms with Crippen molar-refractivity contribution in [2.24, 2.45) is 0 Å². The van der Waals surface area contributed by atoms with Crippen LogP contribution in [0.1, 0.15) is 56.9 Å². The van der Waals surface area contributed by atoms with Crippen molar-refractivity contribution in [3.05, 3.63) is 87.5 Å². The van der Waals surface area contributed by atoms with Gasteiger partial charge in [-0.25, -0.2) is 8.78 Å². The molecular formula is C31H33F2N3O5. The summed E-state index contributed by atoms with van der Waals surface area (Å²) in [5.74, 6) is -4.20. The number of amides is 1. The highest BCUT2D eigenvalue weighted by molar-refractivity contribution is 5.95. The van der Waals surface area contributed by atoms with Gasteiger partial charge in [-0.1, -0.05) is 24.3 Å². The first-order valence-electron chi connectivity index (χ1n) is 13.7. The number of carbonyl (C=O) groups excluding carboxylic acids is 1. The fraction of sp³-hybridized carbons (Fsp3) is 0.355. The number of carboxylic acid groups (broad SMARTS) is 1. The Labute approximate surface area is 237 Å². The van der Waals surface area contributed by atoms with E-state index < -0.39 is 35.0 Å². The summed E-state index contributed by atoms with van der Waals surface area (Å²) in [4.78, 5) is 26.6. The molecule has 1 unspecified atom stereocenters. The van der Waals surface area contributed by atoms with Crippen molar-refractivity contribution >= 4 is 23.3 Å². The van der Waals surface area contributed by atoms with Crippen LogP contribution >= 0.6 is 0 Å². The maximum atomic E-state index is 15.0. The van der Waals surface area contributed by atoms with E-state index in [0.29, 0.717) is 38.2 Å². The van der Waals surface area contributed by atoms with Crippen LogP contribution in [0.5, 0.6) is 5.75 Å². The molecule has 1 atom stereocenters. The van der Waals surface area contributed by atoms with Gasteiger partial charge in [0.05, 0.1) is 24.4 Å². The van der Waals surface area contributed by atoms with Crippen molar-refractivity contribution in [1.29, 1.82) is 0 Å². The van der Waals surface area contributed by atoms with E-state index in [1.165, 1.54) is 4.90 Å². The van der Waals surface area contributed by atoms with E-state index in [1.807, 2.05) is 37.3 Å². The van der Waals surface area contributed by atoms with Gasteiger partial charge in [-0.2, -0.15) is 0 Å². The molecule has 0 saturated carbocycles. The van der Waals surface area contributed by atoms with Crippen LogP contribution in [0, 0.1) is 18.6 Å². The number of benzene rings is 3. The number of anilines is 2. The lowest BCUT2D eigenvalue weighted by Crippen LogP contribution is -2.37. The zero-order chi connectivity index (χ0) is 29.1. The van der Waals surface area contributed by atoms with E-state index in [-0.39, 0.29) is 31.9 Å². The molecule has 216 valence electrons. The summed E-state index contributed by atoms with van der Waals surface area (Å²) in [7, 11) is 0. The topological polar surface area (TPSA) is 114 Å². The van der Waals surface area contributed by atoms with Crippen LogP contribution < -0.4 is 15.8 Å². The maximum absolute atomic E-state index is 15.0. The summed E-state index contributed by atoms with van der Waals surface area (Å²) in [6.45, 7) is 3.65. The second kappa shape index (κ2) is 12.1. The third kappa shape index (κ3) is 6.12. The van der Waals surface area contributed by atoms with Crippen LogP contribution in [0.25, 0.3) is 0 Å². The minimum Gasteiger partial charge on any atom is -0.491 e. The number of carbonyl (C=O) groups is 2. The molecule has 5 aliphatic heterocycles. The normalized spacial score (nSPS) is 17.8. The lowest BCUT2D eigenvalue weighted by Gasteiger charge is -2.30. The number of rotatable bonds is 2. The molecule has 8 rings (SSSR count). The van der Waals surface area contributed by atoms with E-state index in [1.54, 1.807) is 0 Å². The van der Waals surface area contributed by atoms with E-state index in [9.17, 15) is 23.5 Å². The lowest BCUT2D eigenvalue weighted by molar-refractivity contribution is -0.137. The maximum Gasteiger partial charge on any atom is 0.304 e. The Hall–Kier alpha value is -4.18. The zero-order valence-electron chi connectivity index (χ0n) is 22.8. The van der Waals surface area contributed by atoms with Gasteiger partial charge < -0.3 is 30.5 Å². The Kier molecular flexibility index (Phi) is 8.39. The predicted octanol–water partition coefficient (Wildman–Crippen LogP) is 4.87. The fourth-order valence-electron chi connectivity index (χ4n) is 5.54. The summed E-state index contributed by atoms with van der Waals surface area (Å²) in [5, 5.41) is 13.1. The van der Waals surface area contributed by atoms with Crippen molar-refractivity contribution in [3.8, 4) is 5.75 Å². The number of carboxylic acids is 1. The largest absolute Gasteiger partial charge is 0.491 e. The molecule has 1 amide bonds. The average molecular weight is 566 g/mol. The highest BCUT2D eigenvalue weighted by atomic mass is 19.1. The third-order valence-corrected chi connectivity index (χ3v) is 7.75. The number of nitrogen functional groups attached to an aromatic ring is 1. The Morgan fingerprint density at radius 2 is 1.88 bits per heavy atom. The molecule has 0 aromatic heterocycles. The van der Waals surface area contributed by atoms with E-state index in [2.05, 4.69) is 5.32 Å². The first kappa shape index (κ1) is 28.4. The molecule has 5 heterocycles. The molecule has 7 bridgehead atoms. The average Bonchev–Trinajstić information content (AvgIpc) is 2.94. The lowest BCUT2D eigenvalue weighted by atomic mass is 9.83. The van der Waals surface area contributed by atoms with Gasteiger partial charge in [0.2, 0.25) is 0 Å². The quantitative estimate of drug-likeness (QED) is 0.380. The number of halogens is 2. The number of ether oxygens (including phenoxy) is 2.